The Kier molecular flexibility index (Phi) is 4.01. The Hall–Kier alpha value is -2.08. The molecule has 0 aliphatic rings. The summed E-state index contributed by atoms with van der Waals surface area (Å²) in [5.74, 6) is 0.797. The van der Waals surface area contributed by atoms with E-state index in [1.165, 1.54) is 13.3 Å². The van der Waals surface area contributed by atoms with Crippen molar-refractivity contribution in [3.63, 3.8) is 0 Å². The Morgan fingerprint density at radius 2 is 2.11 bits per heavy atom. The predicted molar refractivity (Wildman–Crippen MR) is 74.2 cm³/mol. The van der Waals surface area contributed by atoms with Gasteiger partial charge in [-0.05, 0) is 30.3 Å². The minimum atomic E-state index is -0.467. The minimum Gasteiger partial charge on any atom is -0.465 e. The molecule has 0 bridgehead atoms. The predicted octanol–water partition coefficient (Wildman–Crippen LogP) is 3.01. The number of esters is 1. The average Bonchev–Trinajstić information content (AvgIpc) is 2.41. The first-order valence-electron chi connectivity index (χ1n) is 5.37. The van der Waals surface area contributed by atoms with Crippen LogP contribution in [0.2, 0.25) is 0 Å². The van der Waals surface area contributed by atoms with Crippen LogP contribution in [0.1, 0.15) is 10.4 Å². The van der Waals surface area contributed by atoms with Crippen molar-refractivity contribution in [2.75, 3.05) is 12.8 Å². The van der Waals surface area contributed by atoms with Crippen LogP contribution in [0.5, 0.6) is 11.5 Å². The van der Waals surface area contributed by atoms with Gasteiger partial charge in [-0.2, -0.15) is 0 Å². The van der Waals surface area contributed by atoms with Crippen molar-refractivity contribution >= 4 is 27.7 Å². The maximum absolute atomic E-state index is 11.6. The average molecular weight is 323 g/mol. The molecule has 0 saturated heterocycles. The highest BCUT2D eigenvalue weighted by Gasteiger charge is 2.14. The maximum Gasteiger partial charge on any atom is 0.341 e. The number of halogens is 1. The molecule has 1 heterocycles. The van der Waals surface area contributed by atoms with E-state index in [1.807, 2.05) is 0 Å². The Labute approximate surface area is 118 Å². The Morgan fingerprint density at radius 3 is 2.74 bits per heavy atom. The fourth-order valence-corrected chi connectivity index (χ4v) is 1.78. The molecule has 0 saturated carbocycles. The van der Waals surface area contributed by atoms with Gasteiger partial charge < -0.3 is 15.2 Å². The summed E-state index contributed by atoms with van der Waals surface area (Å²) in [4.78, 5) is 15.6. The van der Waals surface area contributed by atoms with Crippen molar-refractivity contribution in [1.82, 2.24) is 4.98 Å². The molecule has 0 aliphatic carbocycles. The summed E-state index contributed by atoms with van der Waals surface area (Å²) in [5.41, 5.74) is 5.83. The molecule has 5 nitrogen and oxygen atoms in total. The Balaban J connectivity index is 2.35. The van der Waals surface area contributed by atoms with Gasteiger partial charge in [-0.1, -0.05) is 15.9 Å². The van der Waals surface area contributed by atoms with Gasteiger partial charge >= 0.3 is 5.97 Å². The molecule has 6 heteroatoms. The first-order chi connectivity index (χ1) is 9.10. The lowest BCUT2D eigenvalue weighted by Gasteiger charge is -2.10. The molecule has 1 aromatic carbocycles. The van der Waals surface area contributed by atoms with Crippen LogP contribution >= 0.6 is 15.9 Å². The normalized spacial score (nSPS) is 10.0. The number of nitrogens with two attached hydrogens (primary N) is 1. The zero-order valence-corrected chi connectivity index (χ0v) is 11.7. The smallest absolute Gasteiger partial charge is 0.341 e. The minimum absolute atomic E-state index is 0.336. The van der Waals surface area contributed by atoms with Gasteiger partial charge in [0.25, 0.3) is 0 Å². The van der Waals surface area contributed by atoms with Gasteiger partial charge in [-0.3, -0.25) is 0 Å². The molecule has 0 radical (unpaired) electrons. The van der Waals surface area contributed by atoms with E-state index in [9.17, 15) is 4.79 Å². The number of hydrogen-bond donors (Lipinski definition) is 1. The number of carbonyl (C=O) groups is 1. The van der Waals surface area contributed by atoms with Crippen LogP contribution in [0.15, 0.2) is 41.0 Å². The van der Waals surface area contributed by atoms with Crippen LogP contribution in [-0.2, 0) is 4.74 Å². The van der Waals surface area contributed by atoms with Crippen LogP contribution in [0.3, 0.4) is 0 Å². The number of pyridine rings is 1. The van der Waals surface area contributed by atoms with Crippen LogP contribution in [0, 0.1) is 0 Å². The number of aromatic nitrogens is 1. The van der Waals surface area contributed by atoms with Crippen LogP contribution in [0.4, 0.5) is 5.82 Å². The highest BCUT2D eigenvalue weighted by molar-refractivity contribution is 9.10. The highest BCUT2D eigenvalue weighted by Crippen LogP contribution is 2.29. The molecule has 0 fully saturated rings. The summed E-state index contributed by atoms with van der Waals surface area (Å²) >= 11 is 3.32. The molecule has 0 unspecified atom stereocenters. The fourth-order valence-electron chi connectivity index (χ4n) is 1.44. The Bertz CT molecular complexity index is 599. The molecule has 2 aromatic rings. The van der Waals surface area contributed by atoms with Gasteiger partial charge in [-0.15, -0.1) is 0 Å². The van der Waals surface area contributed by atoms with Crippen molar-refractivity contribution in [2.45, 2.75) is 0 Å². The van der Waals surface area contributed by atoms with Crippen LogP contribution in [0.25, 0.3) is 0 Å². The number of nitrogen functional groups attached to an aromatic ring is 1. The number of methoxy groups -OCH3 is 1. The van der Waals surface area contributed by atoms with E-state index in [-0.39, 0.29) is 0 Å². The molecule has 19 heavy (non-hydrogen) atoms. The van der Waals surface area contributed by atoms with Gasteiger partial charge in [0.15, 0.2) is 0 Å². The largest absolute Gasteiger partial charge is 0.465 e. The number of benzene rings is 1. The molecule has 0 spiro atoms. The molecule has 2 N–H and O–H groups in total. The second-order valence-corrected chi connectivity index (χ2v) is 4.57. The quantitative estimate of drug-likeness (QED) is 0.879. The second kappa shape index (κ2) is 5.71. The first kappa shape index (κ1) is 13.4. The molecular formula is C13H11BrN2O3. The van der Waals surface area contributed by atoms with Gasteiger partial charge in [0, 0.05) is 4.47 Å². The summed E-state index contributed by atoms with van der Waals surface area (Å²) in [6.45, 7) is 0. The highest BCUT2D eigenvalue weighted by atomic mass is 79.9. The van der Waals surface area contributed by atoms with Gasteiger partial charge in [0.2, 0.25) is 0 Å². The zero-order valence-electron chi connectivity index (χ0n) is 10.1. The van der Waals surface area contributed by atoms with E-state index in [4.69, 9.17) is 15.2 Å². The number of anilines is 1. The lowest BCUT2D eigenvalue weighted by molar-refractivity contribution is 0.0598. The molecule has 98 valence electrons. The summed E-state index contributed by atoms with van der Waals surface area (Å²) < 4.78 is 11.1. The van der Waals surface area contributed by atoms with Crippen molar-refractivity contribution in [2.24, 2.45) is 0 Å². The van der Waals surface area contributed by atoms with E-state index in [0.717, 1.165) is 4.47 Å². The summed E-state index contributed by atoms with van der Waals surface area (Å²) in [6, 6.07) is 8.33. The number of hydrogen-bond acceptors (Lipinski definition) is 5. The topological polar surface area (TPSA) is 74.4 Å². The van der Waals surface area contributed by atoms with E-state index < -0.39 is 5.97 Å². The van der Waals surface area contributed by atoms with E-state index in [2.05, 4.69) is 20.9 Å². The van der Waals surface area contributed by atoms with Gasteiger partial charge in [-0.25, -0.2) is 9.78 Å². The third-order valence-corrected chi connectivity index (χ3v) is 2.83. The standard InChI is InChI=1S/C13H11BrN2O3/c1-18-13(17)10-4-2-8(14)6-11(10)19-9-3-5-12(15)16-7-9/h2-7H,1H3,(H2,15,16). The molecule has 0 amide bonds. The van der Waals surface area contributed by atoms with Crippen molar-refractivity contribution < 1.29 is 14.3 Å². The fraction of sp³-hybridized carbons (Fsp3) is 0.0769. The number of rotatable bonds is 3. The SMILES string of the molecule is COC(=O)c1ccc(Br)cc1Oc1ccc(N)nc1. The van der Waals surface area contributed by atoms with Gasteiger partial charge in [0.05, 0.1) is 13.3 Å². The maximum atomic E-state index is 11.6. The van der Waals surface area contributed by atoms with Crippen LogP contribution < -0.4 is 10.5 Å². The molecular weight excluding hydrogens is 312 g/mol. The van der Waals surface area contributed by atoms with Crippen molar-refractivity contribution in [3.8, 4) is 11.5 Å². The Morgan fingerprint density at radius 1 is 1.32 bits per heavy atom. The summed E-state index contributed by atoms with van der Waals surface area (Å²) in [6.07, 6.45) is 1.48. The van der Waals surface area contributed by atoms with Crippen molar-refractivity contribution in [1.29, 1.82) is 0 Å². The van der Waals surface area contributed by atoms with E-state index in [0.29, 0.717) is 22.9 Å². The number of ether oxygens (including phenoxy) is 2. The zero-order chi connectivity index (χ0) is 13.8. The lowest BCUT2D eigenvalue weighted by Crippen LogP contribution is -2.03. The number of nitrogens with zero attached hydrogens (tertiary/aromatic N) is 1. The lowest BCUT2D eigenvalue weighted by atomic mass is 10.2. The molecule has 2 rings (SSSR count). The molecule has 0 atom stereocenters. The first-order valence-corrected chi connectivity index (χ1v) is 6.16. The molecule has 1 aromatic heterocycles. The summed E-state index contributed by atoms with van der Waals surface area (Å²) in [7, 11) is 1.32. The second-order valence-electron chi connectivity index (χ2n) is 3.65. The third-order valence-electron chi connectivity index (χ3n) is 2.34. The van der Waals surface area contributed by atoms with E-state index in [1.54, 1.807) is 30.3 Å². The van der Waals surface area contributed by atoms with Crippen molar-refractivity contribution in [3.05, 3.63) is 46.6 Å². The van der Waals surface area contributed by atoms with Crippen LogP contribution in [-0.4, -0.2) is 18.1 Å². The van der Waals surface area contributed by atoms with Gasteiger partial charge in [0.1, 0.15) is 22.9 Å². The third kappa shape index (κ3) is 3.23. The molecule has 0 aliphatic heterocycles. The summed E-state index contributed by atoms with van der Waals surface area (Å²) in [5, 5.41) is 0. The van der Waals surface area contributed by atoms with E-state index >= 15 is 0 Å². The monoisotopic (exact) mass is 322 g/mol. The number of carbonyl (C=O) groups excluding carboxylic acids is 1.